The maximum Gasteiger partial charge on any atom is 0.245 e. The quantitative estimate of drug-likeness (QED) is 0.725. The number of rotatable bonds is 6. The zero-order valence-corrected chi connectivity index (χ0v) is 17.6. The number of sulfonamides is 1. The molecule has 0 saturated carbocycles. The number of aryl methyl sites for hydroxylation is 1. The van der Waals surface area contributed by atoms with Gasteiger partial charge in [0.25, 0.3) is 0 Å². The third kappa shape index (κ3) is 4.53. The van der Waals surface area contributed by atoms with Crippen molar-refractivity contribution in [3.63, 3.8) is 0 Å². The van der Waals surface area contributed by atoms with E-state index in [0.29, 0.717) is 29.9 Å². The van der Waals surface area contributed by atoms with Crippen LogP contribution in [0.2, 0.25) is 0 Å². The van der Waals surface area contributed by atoms with Crippen LogP contribution < -0.4 is 4.74 Å². The number of nitrogens with zero attached hydrogens (tertiary/aromatic N) is 4. The number of hydrogen-bond acceptors (Lipinski definition) is 7. The molecule has 0 bridgehead atoms. The van der Waals surface area contributed by atoms with Crippen molar-refractivity contribution in [1.82, 2.24) is 19.3 Å². The second kappa shape index (κ2) is 8.59. The lowest BCUT2D eigenvalue weighted by Crippen LogP contribution is -2.39. The lowest BCUT2D eigenvalue weighted by molar-refractivity contribution is 0.146. The van der Waals surface area contributed by atoms with Crippen molar-refractivity contribution in [2.24, 2.45) is 5.92 Å². The number of ether oxygens (including phenoxy) is 1. The van der Waals surface area contributed by atoms with Gasteiger partial charge in [-0.05, 0) is 43.5 Å². The molecular weight excluding hydrogens is 380 g/mol. The van der Waals surface area contributed by atoms with Gasteiger partial charge in [-0.3, -0.25) is 4.90 Å². The van der Waals surface area contributed by atoms with Crippen molar-refractivity contribution in [1.29, 1.82) is 0 Å². The number of hydrogen-bond donors (Lipinski definition) is 0. The zero-order chi connectivity index (χ0) is 20.3. The van der Waals surface area contributed by atoms with E-state index in [1.54, 1.807) is 38.3 Å². The molecule has 28 heavy (non-hydrogen) atoms. The average molecular weight is 409 g/mol. The molecule has 0 radical (unpaired) electrons. The van der Waals surface area contributed by atoms with Gasteiger partial charge >= 0.3 is 0 Å². The summed E-state index contributed by atoms with van der Waals surface area (Å²) in [6.45, 7) is 8.40. The fourth-order valence-corrected chi connectivity index (χ4v) is 4.98. The molecule has 1 aromatic heterocycles. The Morgan fingerprint density at radius 1 is 1.25 bits per heavy atom. The van der Waals surface area contributed by atoms with Crippen LogP contribution in [0, 0.1) is 12.8 Å². The van der Waals surface area contributed by atoms with Crippen LogP contribution in [0.25, 0.3) is 0 Å². The molecule has 1 saturated heterocycles. The third-order valence-corrected chi connectivity index (χ3v) is 6.67. The van der Waals surface area contributed by atoms with Gasteiger partial charge in [0.2, 0.25) is 15.9 Å². The highest BCUT2D eigenvalue weighted by Gasteiger charge is 2.35. The Hall–Kier alpha value is -1.97. The van der Waals surface area contributed by atoms with Crippen molar-refractivity contribution in [2.45, 2.75) is 38.1 Å². The van der Waals surface area contributed by atoms with Gasteiger partial charge in [0, 0.05) is 26.2 Å². The Labute approximate surface area is 166 Å². The SMILES string of the molecule is COc1ccc(S(=O)(=O)N2CCCN(CC(C)C)C(c3nc(C)no3)C2)cc1. The molecule has 0 N–H and O–H groups in total. The largest absolute Gasteiger partial charge is 0.497 e. The van der Waals surface area contributed by atoms with E-state index in [-0.39, 0.29) is 17.5 Å². The Bertz CT molecular complexity index is 880. The molecule has 1 aliphatic rings. The molecule has 8 nitrogen and oxygen atoms in total. The van der Waals surface area contributed by atoms with Crippen LogP contribution in [0.5, 0.6) is 5.75 Å². The normalized spacial score (nSPS) is 19.7. The predicted octanol–water partition coefficient (Wildman–Crippen LogP) is 2.48. The molecule has 1 atom stereocenters. The summed E-state index contributed by atoms with van der Waals surface area (Å²) in [7, 11) is -2.08. The fraction of sp³-hybridized carbons (Fsp3) is 0.579. The van der Waals surface area contributed by atoms with Gasteiger partial charge in [0.15, 0.2) is 5.82 Å². The van der Waals surface area contributed by atoms with Gasteiger partial charge < -0.3 is 9.26 Å². The summed E-state index contributed by atoms with van der Waals surface area (Å²) in [6.07, 6.45) is 0.742. The monoisotopic (exact) mass is 408 g/mol. The summed E-state index contributed by atoms with van der Waals surface area (Å²) in [5, 5.41) is 3.91. The van der Waals surface area contributed by atoms with E-state index in [9.17, 15) is 8.42 Å². The van der Waals surface area contributed by atoms with Crippen molar-refractivity contribution >= 4 is 10.0 Å². The van der Waals surface area contributed by atoms with Gasteiger partial charge in [-0.15, -0.1) is 0 Å². The minimum absolute atomic E-state index is 0.256. The van der Waals surface area contributed by atoms with Crippen LogP contribution in [0.3, 0.4) is 0 Å². The van der Waals surface area contributed by atoms with Crippen LogP contribution in [0.4, 0.5) is 0 Å². The lowest BCUT2D eigenvalue weighted by Gasteiger charge is -2.30. The molecule has 0 spiro atoms. The first-order valence-corrected chi connectivity index (χ1v) is 10.9. The zero-order valence-electron chi connectivity index (χ0n) is 16.8. The number of methoxy groups -OCH3 is 1. The van der Waals surface area contributed by atoms with Gasteiger partial charge in [-0.25, -0.2) is 8.42 Å². The maximum absolute atomic E-state index is 13.3. The molecule has 2 aromatic rings. The fourth-order valence-electron chi connectivity index (χ4n) is 3.49. The molecule has 154 valence electrons. The Morgan fingerprint density at radius 2 is 1.96 bits per heavy atom. The van der Waals surface area contributed by atoms with Gasteiger partial charge in [0.05, 0.1) is 12.0 Å². The summed E-state index contributed by atoms with van der Waals surface area (Å²) in [5.74, 6) is 2.08. The minimum atomic E-state index is -3.64. The van der Waals surface area contributed by atoms with E-state index >= 15 is 0 Å². The first kappa shape index (κ1) is 20.8. The maximum atomic E-state index is 13.3. The summed E-state index contributed by atoms with van der Waals surface area (Å²) >= 11 is 0. The summed E-state index contributed by atoms with van der Waals surface area (Å²) in [5.41, 5.74) is 0. The standard InChI is InChI=1S/C19H28N4O4S/c1-14(2)12-22-10-5-11-23(13-18(22)19-20-15(3)21-27-19)28(24,25)17-8-6-16(26-4)7-9-17/h6-9,14,18H,5,10-13H2,1-4H3. The van der Waals surface area contributed by atoms with E-state index in [1.807, 2.05) is 0 Å². The Morgan fingerprint density at radius 3 is 2.54 bits per heavy atom. The molecule has 9 heteroatoms. The van der Waals surface area contributed by atoms with E-state index in [4.69, 9.17) is 9.26 Å². The Balaban J connectivity index is 1.91. The van der Waals surface area contributed by atoms with Crippen molar-refractivity contribution in [3.8, 4) is 5.75 Å². The second-order valence-corrected chi connectivity index (χ2v) is 9.41. The summed E-state index contributed by atoms with van der Waals surface area (Å²) < 4.78 is 38.6. The molecule has 1 unspecified atom stereocenters. The van der Waals surface area contributed by atoms with E-state index in [2.05, 4.69) is 28.9 Å². The van der Waals surface area contributed by atoms with Crippen LogP contribution in [0.1, 0.15) is 38.0 Å². The Kier molecular flexibility index (Phi) is 6.36. The molecule has 2 heterocycles. The molecule has 0 aliphatic carbocycles. The van der Waals surface area contributed by atoms with Crippen molar-refractivity contribution in [2.75, 3.05) is 33.3 Å². The van der Waals surface area contributed by atoms with Crippen molar-refractivity contribution in [3.05, 3.63) is 36.0 Å². The second-order valence-electron chi connectivity index (χ2n) is 7.48. The smallest absolute Gasteiger partial charge is 0.245 e. The first-order chi connectivity index (χ1) is 13.3. The topological polar surface area (TPSA) is 88.8 Å². The van der Waals surface area contributed by atoms with Crippen LogP contribution in [-0.2, 0) is 10.0 Å². The molecule has 3 rings (SSSR count). The third-order valence-electron chi connectivity index (χ3n) is 4.80. The van der Waals surface area contributed by atoms with Gasteiger partial charge in [0.1, 0.15) is 11.8 Å². The molecule has 1 aliphatic heterocycles. The number of benzene rings is 1. The lowest BCUT2D eigenvalue weighted by atomic mass is 10.1. The molecular formula is C19H28N4O4S. The number of aromatic nitrogens is 2. The average Bonchev–Trinajstić information content (AvgIpc) is 2.97. The predicted molar refractivity (Wildman–Crippen MR) is 105 cm³/mol. The van der Waals surface area contributed by atoms with Crippen LogP contribution in [0.15, 0.2) is 33.7 Å². The van der Waals surface area contributed by atoms with Crippen LogP contribution in [-0.4, -0.2) is 61.1 Å². The summed E-state index contributed by atoms with van der Waals surface area (Å²) in [6, 6.07) is 6.22. The summed E-state index contributed by atoms with van der Waals surface area (Å²) in [4.78, 5) is 6.89. The highest BCUT2D eigenvalue weighted by atomic mass is 32.2. The van der Waals surface area contributed by atoms with Crippen LogP contribution >= 0.6 is 0 Å². The highest BCUT2D eigenvalue weighted by molar-refractivity contribution is 7.89. The van der Waals surface area contributed by atoms with Crippen molar-refractivity contribution < 1.29 is 17.7 Å². The van der Waals surface area contributed by atoms with E-state index < -0.39 is 10.0 Å². The van der Waals surface area contributed by atoms with Gasteiger partial charge in [-0.2, -0.15) is 9.29 Å². The molecule has 0 amide bonds. The van der Waals surface area contributed by atoms with E-state index in [0.717, 1.165) is 19.5 Å². The molecule has 1 fully saturated rings. The first-order valence-electron chi connectivity index (χ1n) is 9.49. The van der Waals surface area contributed by atoms with E-state index in [1.165, 1.54) is 4.31 Å². The molecule has 1 aromatic carbocycles. The van der Waals surface area contributed by atoms with Gasteiger partial charge in [-0.1, -0.05) is 19.0 Å². The highest BCUT2D eigenvalue weighted by Crippen LogP contribution is 2.29. The minimum Gasteiger partial charge on any atom is -0.497 e.